The molecule has 1 rings (SSSR count). The maximum absolute atomic E-state index is 13.1. The fourth-order valence-corrected chi connectivity index (χ4v) is 6.42. The number of rotatable bonds is 8. The smallest absolute Gasteiger partial charge is 0.306 e. The molecule has 0 amide bonds. The third-order valence-electron chi connectivity index (χ3n) is 3.00. The van der Waals surface area contributed by atoms with Gasteiger partial charge in [0.1, 0.15) is 0 Å². The second-order valence-corrected chi connectivity index (χ2v) is 8.82. The Labute approximate surface area is 130 Å². The molecule has 0 N–H and O–H groups in total. The second-order valence-electron chi connectivity index (χ2n) is 4.34. The molecule has 0 aliphatic carbocycles. The minimum absolute atomic E-state index is 0.243. The topological polar surface area (TPSA) is 32.8 Å². The summed E-state index contributed by atoms with van der Waals surface area (Å²) in [4.78, 5) is 0. The predicted molar refractivity (Wildman–Crippen MR) is 85.5 cm³/mol. The highest BCUT2D eigenvalue weighted by Crippen LogP contribution is 2.58. The Balaban J connectivity index is 2.78. The largest absolute Gasteiger partial charge is 0.346 e. The van der Waals surface area contributed by atoms with Crippen molar-refractivity contribution in [3.63, 3.8) is 0 Å². The van der Waals surface area contributed by atoms with Crippen molar-refractivity contribution in [2.45, 2.75) is 25.1 Å². The molecule has 0 bridgehead atoms. The first-order valence-corrected chi connectivity index (χ1v) is 10.2. The van der Waals surface area contributed by atoms with Gasteiger partial charge in [0, 0.05) is 24.8 Å². The maximum atomic E-state index is 13.1. The predicted octanol–water partition coefficient (Wildman–Crippen LogP) is 3.70. The molecular weight excluding hydrogens is 326 g/mol. The van der Waals surface area contributed by atoms with Gasteiger partial charge in [0.25, 0.3) is 0 Å². The molecule has 0 aromatic rings. The van der Waals surface area contributed by atoms with Gasteiger partial charge in [-0.25, -0.2) is 9.34 Å². The molecule has 0 aromatic carbocycles. The number of thioether (sulfide) groups is 1. The minimum atomic E-state index is -2.97. The molecule has 1 aliphatic rings. The van der Waals surface area contributed by atoms with Crippen LogP contribution >= 0.6 is 42.6 Å². The first-order valence-electron chi connectivity index (χ1n) is 6.57. The van der Waals surface area contributed by atoms with E-state index in [4.69, 9.17) is 27.7 Å². The lowest BCUT2D eigenvalue weighted by Crippen LogP contribution is -2.41. The van der Waals surface area contributed by atoms with Crippen molar-refractivity contribution in [2.75, 3.05) is 44.3 Å². The van der Waals surface area contributed by atoms with Crippen molar-refractivity contribution in [1.82, 2.24) is 9.34 Å². The van der Waals surface area contributed by atoms with E-state index in [2.05, 4.69) is 6.92 Å². The fourth-order valence-electron chi connectivity index (χ4n) is 2.00. The van der Waals surface area contributed by atoms with Crippen LogP contribution in [0.5, 0.6) is 0 Å². The van der Waals surface area contributed by atoms with Crippen LogP contribution in [0.15, 0.2) is 0 Å². The molecule has 1 fully saturated rings. The summed E-state index contributed by atoms with van der Waals surface area (Å²) in [5.74, 6) is 1.91. The summed E-state index contributed by atoms with van der Waals surface area (Å²) in [6.07, 6.45) is 2.02. The van der Waals surface area contributed by atoms with Gasteiger partial charge in [-0.2, -0.15) is 0 Å². The number of alkyl halides is 2. The highest BCUT2D eigenvalue weighted by molar-refractivity contribution is 8.00. The number of hydrogen-bond acceptors (Lipinski definition) is 3. The third-order valence-corrected chi connectivity index (χ3v) is 7.78. The Morgan fingerprint density at radius 2 is 2.05 bits per heavy atom. The minimum Gasteiger partial charge on any atom is -0.306 e. The maximum Gasteiger partial charge on any atom is 0.346 e. The molecule has 114 valence electrons. The van der Waals surface area contributed by atoms with E-state index in [0.29, 0.717) is 31.5 Å². The van der Waals surface area contributed by atoms with E-state index in [1.165, 1.54) is 0 Å². The van der Waals surface area contributed by atoms with Gasteiger partial charge in [-0.3, -0.25) is 4.57 Å². The number of nitrogens with zero attached hydrogens (tertiary/aromatic N) is 2. The van der Waals surface area contributed by atoms with E-state index >= 15 is 0 Å². The van der Waals surface area contributed by atoms with Crippen LogP contribution in [0.3, 0.4) is 0 Å². The summed E-state index contributed by atoms with van der Waals surface area (Å²) in [5, 5.41) is 0.243. The Kier molecular flexibility index (Phi) is 8.70. The van der Waals surface area contributed by atoms with Crippen LogP contribution in [0.2, 0.25) is 0 Å². The Bertz CT molecular complexity index is 306. The van der Waals surface area contributed by atoms with Gasteiger partial charge in [-0.1, -0.05) is 6.92 Å². The SMILES string of the molecule is CCCS[C@@H]1CCO[P@@](=O)(N(CCCl)CCCl)N1C. The normalized spacial score (nSPS) is 29.0. The lowest BCUT2D eigenvalue weighted by molar-refractivity contribution is 0.171. The zero-order chi connectivity index (χ0) is 14.3. The van der Waals surface area contributed by atoms with Crippen LogP contribution < -0.4 is 0 Å². The Morgan fingerprint density at radius 1 is 1.42 bits per heavy atom. The molecule has 0 spiro atoms. The van der Waals surface area contributed by atoms with Gasteiger partial charge in [0.15, 0.2) is 0 Å². The van der Waals surface area contributed by atoms with Crippen molar-refractivity contribution >= 4 is 42.6 Å². The summed E-state index contributed by atoms with van der Waals surface area (Å²) in [6, 6.07) is 0. The second kappa shape index (κ2) is 9.14. The van der Waals surface area contributed by atoms with Gasteiger partial charge in [0.2, 0.25) is 0 Å². The van der Waals surface area contributed by atoms with E-state index in [9.17, 15) is 4.57 Å². The lowest BCUT2D eigenvalue weighted by Gasteiger charge is -2.43. The zero-order valence-electron chi connectivity index (χ0n) is 11.6. The van der Waals surface area contributed by atoms with Gasteiger partial charge < -0.3 is 4.52 Å². The molecular formula is C11H23Cl2N2O2PS. The van der Waals surface area contributed by atoms with Crippen LogP contribution in [-0.4, -0.2) is 59.0 Å². The standard InChI is InChI=1S/C11H23Cl2N2O2PS/c1-3-10-19-11-4-9-17-18(16,14(11)2)15(7-5-12)8-6-13/h11H,3-10H2,1-2H3/t11-,18-/m1/s1. The molecule has 1 saturated heterocycles. The van der Waals surface area contributed by atoms with E-state index in [-0.39, 0.29) is 5.37 Å². The quantitative estimate of drug-likeness (QED) is 0.493. The average Bonchev–Trinajstić information content (AvgIpc) is 2.40. The summed E-state index contributed by atoms with van der Waals surface area (Å²) >= 11 is 13.4. The van der Waals surface area contributed by atoms with E-state index in [1.807, 2.05) is 23.5 Å². The highest BCUT2D eigenvalue weighted by atomic mass is 35.5. The van der Waals surface area contributed by atoms with Crippen molar-refractivity contribution in [3.05, 3.63) is 0 Å². The first-order chi connectivity index (χ1) is 9.10. The summed E-state index contributed by atoms with van der Waals surface area (Å²) in [6.45, 7) is 3.74. The van der Waals surface area contributed by atoms with Crippen molar-refractivity contribution in [3.8, 4) is 0 Å². The van der Waals surface area contributed by atoms with Crippen LogP contribution in [0.4, 0.5) is 0 Å². The van der Waals surface area contributed by atoms with Crippen LogP contribution in [0.1, 0.15) is 19.8 Å². The van der Waals surface area contributed by atoms with Crippen LogP contribution in [0, 0.1) is 0 Å². The molecule has 19 heavy (non-hydrogen) atoms. The Hall–Kier alpha value is 1.04. The first kappa shape index (κ1) is 18.1. The molecule has 1 heterocycles. The molecule has 4 nitrogen and oxygen atoms in total. The summed E-state index contributed by atoms with van der Waals surface area (Å²) in [5.41, 5.74) is 0. The van der Waals surface area contributed by atoms with Crippen molar-refractivity contribution in [1.29, 1.82) is 0 Å². The van der Waals surface area contributed by atoms with E-state index in [0.717, 1.165) is 18.6 Å². The monoisotopic (exact) mass is 348 g/mol. The lowest BCUT2D eigenvalue weighted by atomic mass is 10.4. The molecule has 0 aromatic heterocycles. The van der Waals surface area contributed by atoms with Crippen LogP contribution in [-0.2, 0) is 9.09 Å². The van der Waals surface area contributed by atoms with Crippen molar-refractivity contribution in [2.24, 2.45) is 0 Å². The van der Waals surface area contributed by atoms with Crippen molar-refractivity contribution < 1.29 is 9.09 Å². The molecule has 0 radical (unpaired) electrons. The summed E-state index contributed by atoms with van der Waals surface area (Å²) in [7, 11) is -1.09. The number of halogens is 2. The zero-order valence-corrected chi connectivity index (χ0v) is 14.8. The van der Waals surface area contributed by atoms with Gasteiger partial charge in [-0.15, -0.1) is 35.0 Å². The molecule has 1 aliphatic heterocycles. The molecule has 0 saturated carbocycles. The van der Waals surface area contributed by atoms with Gasteiger partial charge in [0.05, 0.1) is 12.0 Å². The molecule has 2 atom stereocenters. The van der Waals surface area contributed by atoms with Gasteiger partial charge >= 0.3 is 7.67 Å². The van der Waals surface area contributed by atoms with Crippen LogP contribution in [0.25, 0.3) is 0 Å². The van der Waals surface area contributed by atoms with E-state index < -0.39 is 7.67 Å². The van der Waals surface area contributed by atoms with E-state index in [1.54, 1.807) is 4.67 Å². The molecule has 0 unspecified atom stereocenters. The number of hydrogen-bond donors (Lipinski definition) is 0. The van der Waals surface area contributed by atoms with Gasteiger partial charge in [-0.05, 0) is 25.6 Å². The average molecular weight is 349 g/mol. The fraction of sp³-hybridized carbons (Fsp3) is 1.00. The third kappa shape index (κ3) is 4.77. The Morgan fingerprint density at radius 3 is 2.58 bits per heavy atom. The molecule has 8 heteroatoms. The highest BCUT2D eigenvalue weighted by Gasteiger charge is 2.42. The summed E-state index contributed by atoms with van der Waals surface area (Å²) < 4.78 is 22.4.